The van der Waals surface area contributed by atoms with E-state index in [1.54, 1.807) is 7.05 Å². The van der Waals surface area contributed by atoms with Crippen LogP contribution in [0.2, 0.25) is 0 Å². The van der Waals surface area contributed by atoms with Crippen LogP contribution in [0, 0.1) is 5.41 Å². The Balaban J connectivity index is 2.24. The SMILES string of the molecule is CCCc1nn(C)c(N2CCC(C)(C(=O)NC)C2)c1N. The molecule has 2 rings (SSSR count). The highest BCUT2D eigenvalue weighted by Gasteiger charge is 2.41. The van der Waals surface area contributed by atoms with Gasteiger partial charge in [-0.05, 0) is 19.8 Å². The van der Waals surface area contributed by atoms with E-state index >= 15 is 0 Å². The fourth-order valence-corrected chi connectivity index (χ4v) is 3.01. The van der Waals surface area contributed by atoms with E-state index in [1.165, 1.54) is 0 Å². The Morgan fingerprint density at radius 2 is 2.25 bits per heavy atom. The minimum absolute atomic E-state index is 0.0921. The Morgan fingerprint density at radius 1 is 1.55 bits per heavy atom. The second-order valence-electron chi connectivity index (χ2n) is 5.87. The molecule has 3 N–H and O–H groups in total. The molecule has 0 spiro atoms. The number of nitrogens with one attached hydrogen (secondary N) is 1. The summed E-state index contributed by atoms with van der Waals surface area (Å²) < 4.78 is 1.84. The average molecular weight is 279 g/mol. The van der Waals surface area contributed by atoms with Crippen molar-refractivity contribution in [2.75, 3.05) is 30.8 Å². The van der Waals surface area contributed by atoms with Crippen LogP contribution in [0.3, 0.4) is 0 Å². The molecule has 1 aromatic rings. The molecule has 1 atom stereocenters. The van der Waals surface area contributed by atoms with Gasteiger partial charge in [-0.15, -0.1) is 0 Å². The number of aromatic nitrogens is 2. The van der Waals surface area contributed by atoms with Crippen LogP contribution >= 0.6 is 0 Å². The molecular formula is C14H25N5O. The molecule has 1 aliphatic rings. The van der Waals surface area contributed by atoms with Crippen LogP contribution in [0.1, 0.15) is 32.4 Å². The molecule has 0 bridgehead atoms. The molecule has 0 aliphatic carbocycles. The first-order chi connectivity index (χ1) is 9.42. The first-order valence-corrected chi connectivity index (χ1v) is 7.21. The number of amides is 1. The monoisotopic (exact) mass is 279 g/mol. The molecule has 1 unspecified atom stereocenters. The number of carbonyl (C=O) groups excluding carboxylic acids is 1. The number of hydrogen-bond donors (Lipinski definition) is 2. The topological polar surface area (TPSA) is 76.2 Å². The molecule has 0 saturated carbocycles. The zero-order valence-corrected chi connectivity index (χ0v) is 12.9. The number of carbonyl (C=O) groups is 1. The summed E-state index contributed by atoms with van der Waals surface area (Å²) in [5.74, 6) is 1.04. The van der Waals surface area contributed by atoms with Crippen molar-refractivity contribution in [1.29, 1.82) is 0 Å². The lowest BCUT2D eigenvalue weighted by atomic mass is 9.89. The lowest BCUT2D eigenvalue weighted by molar-refractivity contribution is -0.128. The molecule has 6 nitrogen and oxygen atoms in total. The van der Waals surface area contributed by atoms with Gasteiger partial charge >= 0.3 is 0 Å². The summed E-state index contributed by atoms with van der Waals surface area (Å²) in [6.45, 7) is 5.64. The molecule has 1 aromatic heterocycles. The Morgan fingerprint density at radius 3 is 2.85 bits per heavy atom. The van der Waals surface area contributed by atoms with Crippen LogP contribution in [0.25, 0.3) is 0 Å². The van der Waals surface area contributed by atoms with E-state index in [-0.39, 0.29) is 11.3 Å². The Hall–Kier alpha value is -1.72. The molecule has 0 radical (unpaired) electrons. The molecule has 1 aliphatic heterocycles. The zero-order valence-electron chi connectivity index (χ0n) is 12.9. The van der Waals surface area contributed by atoms with Crippen LogP contribution in [-0.4, -0.2) is 35.8 Å². The summed E-state index contributed by atoms with van der Waals surface area (Å²) in [6.07, 6.45) is 2.75. The van der Waals surface area contributed by atoms with Gasteiger partial charge in [0.1, 0.15) is 5.82 Å². The molecule has 6 heteroatoms. The van der Waals surface area contributed by atoms with Crippen LogP contribution < -0.4 is 16.0 Å². The summed E-state index contributed by atoms with van der Waals surface area (Å²) in [5, 5.41) is 7.26. The molecule has 112 valence electrons. The van der Waals surface area contributed by atoms with Gasteiger partial charge in [-0.3, -0.25) is 9.48 Å². The predicted octanol–water partition coefficient (Wildman–Crippen LogP) is 0.917. The van der Waals surface area contributed by atoms with Gasteiger partial charge in [-0.2, -0.15) is 5.10 Å². The number of aryl methyl sites for hydroxylation is 2. The molecule has 2 heterocycles. The third kappa shape index (κ3) is 2.34. The maximum atomic E-state index is 12.0. The summed E-state index contributed by atoms with van der Waals surface area (Å²) in [6, 6.07) is 0. The number of nitrogen functional groups attached to an aromatic ring is 1. The van der Waals surface area contributed by atoms with Crippen LogP contribution in [0.4, 0.5) is 11.5 Å². The molecule has 20 heavy (non-hydrogen) atoms. The van der Waals surface area contributed by atoms with E-state index in [2.05, 4.69) is 22.2 Å². The fraction of sp³-hybridized carbons (Fsp3) is 0.714. The lowest BCUT2D eigenvalue weighted by Crippen LogP contribution is -2.39. The molecule has 0 aromatic carbocycles. The Bertz CT molecular complexity index is 510. The largest absolute Gasteiger partial charge is 0.394 e. The highest BCUT2D eigenvalue weighted by Crippen LogP contribution is 2.36. The van der Waals surface area contributed by atoms with Crippen molar-refractivity contribution in [1.82, 2.24) is 15.1 Å². The van der Waals surface area contributed by atoms with Crippen molar-refractivity contribution in [2.24, 2.45) is 12.5 Å². The third-order valence-electron chi connectivity index (χ3n) is 4.16. The number of nitrogens with two attached hydrogens (primary N) is 1. The second kappa shape index (κ2) is 5.34. The standard InChI is InChI=1S/C14H25N5O/c1-5-6-10-11(15)12(18(4)17-10)19-8-7-14(2,9-19)13(20)16-3/h5-9,15H2,1-4H3,(H,16,20). The van der Waals surface area contributed by atoms with Crippen LogP contribution in [0.5, 0.6) is 0 Å². The smallest absolute Gasteiger partial charge is 0.227 e. The first-order valence-electron chi connectivity index (χ1n) is 7.21. The van der Waals surface area contributed by atoms with Crippen molar-refractivity contribution < 1.29 is 4.79 Å². The Labute approximate surface area is 120 Å². The summed E-state index contributed by atoms with van der Waals surface area (Å²) >= 11 is 0. The van der Waals surface area contributed by atoms with Gasteiger partial charge < -0.3 is 16.0 Å². The summed E-state index contributed by atoms with van der Waals surface area (Å²) in [7, 11) is 3.61. The van der Waals surface area contributed by atoms with E-state index in [9.17, 15) is 4.79 Å². The molecule has 1 fully saturated rings. The van der Waals surface area contributed by atoms with E-state index in [1.807, 2.05) is 18.7 Å². The van der Waals surface area contributed by atoms with Gasteiger partial charge in [0.15, 0.2) is 0 Å². The summed E-state index contributed by atoms with van der Waals surface area (Å²) in [4.78, 5) is 14.2. The van der Waals surface area contributed by atoms with E-state index in [0.717, 1.165) is 43.0 Å². The van der Waals surface area contributed by atoms with Gasteiger partial charge in [0.25, 0.3) is 0 Å². The number of anilines is 2. The lowest BCUT2D eigenvalue weighted by Gasteiger charge is -2.24. The normalized spacial score (nSPS) is 22.3. The average Bonchev–Trinajstić information content (AvgIpc) is 2.92. The minimum Gasteiger partial charge on any atom is -0.394 e. The third-order valence-corrected chi connectivity index (χ3v) is 4.16. The summed E-state index contributed by atoms with van der Waals surface area (Å²) in [5.41, 5.74) is 7.61. The van der Waals surface area contributed by atoms with E-state index in [0.29, 0.717) is 6.54 Å². The quantitative estimate of drug-likeness (QED) is 0.859. The van der Waals surface area contributed by atoms with Crippen molar-refractivity contribution in [2.45, 2.75) is 33.1 Å². The van der Waals surface area contributed by atoms with Crippen molar-refractivity contribution >= 4 is 17.4 Å². The van der Waals surface area contributed by atoms with E-state index < -0.39 is 0 Å². The van der Waals surface area contributed by atoms with Gasteiger partial charge in [-0.25, -0.2) is 0 Å². The zero-order chi connectivity index (χ0) is 14.9. The second-order valence-corrected chi connectivity index (χ2v) is 5.87. The van der Waals surface area contributed by atoms with Crippen molar-refractivity contribution in [3.63, 3.8) is 0 Å². The molecule has 1 saturated heterocycles. The molecular weight excluding hydrogens is 254 g/mol. The van der Waals surface area contributed by atoms with Gasteiger partial charge in [0.05, 0.1) is 16.8 Å². The Kier molecular flexibility index (Phi) is 3.92. The van der Waals surface area contributed by atoms with Gasteiger partial charge in [0.2, 0.25) is 5.91 Å². The highest BCUT2D eigenvalue weighted by atomic mass is 16.2. The van der Waals surface area contributed by atoms with Gasteiger partial charge in [-0.1, -0.05) is 13.3 Å². The number of nitrogens with zero attached hydrogens (tertiary/aromatic N) is 3. The maximum Gasteiger partial charge on any atom is 0.227 e. The fourth-order valence-electron chi connectivity index (χ4n) is 3.01. The maximum absolute atomic E-state index is 12.0. The van der Waals surface area contributed by atoms with Crippen molar-refractivity contribution in [3.05, 3.63) is 5.69 Å². The van der Waals surface area contributed by atoms with Crippen LogP contribution in [-0.2, 0) is 18.3 Å². The van der Waals surface area contributed by atoms with Crippen molar-refractivity contribution in [3.8, 4) is 0 Å². The minimum atomic E-state index is -0.351. The highest BCUT2D eigenvalue weighted by molar-refractivity contribution is 5.84. The van der Waals surface area contributed by atoms with Crippen LogP contribution in [0.15, 0.2) is 0 Å². The van der Waals surface area contributed by atoms with Gasteiger partial charge in [0, 0.05) is 27.2 Å². The number of rotatable bonds is 4. The predicted molar refractivity (Wildman–Crippen MR) is 80.6 cm³/mol. The first kappa shape index (κ1) is 14.7. The van der Waals surface area contributed by atoms with E-state index in [4.69, 9.17) is 5.73 Å². The molecule has 1 amide bonds. The number of hydrogen-bond acceptors (Lipinski definition) is 4.